The summed E-state index contributed by atoms with van der Waals surface area (Å²) >= 11 is 0. The van der Waals surface area contributed by atoms with E-state index in [1.54, 1.807) is 6.20 Å². The Hall–Kier alpha value is -1.97. The fourth-order valence-electron chi connectivity index (χ4n) is 2.11. The van der Waals surface area contributed by atoms with E-state index in [4.69, 9.17) is 0 Å². The maximum atomic E-state index is 4.49. The van der Waals surface area contributed by atoms with Crippen LogP contribution < -0.4 is 0 Å². The number of aromatic nitrogens is 3. The molecule has 0 amide bonds. The summed E-state index contributed by atoms with van der Waals surface area (Å²) in [5, 5.41) is 8.03. The summed E-state index contributed by atoms with van der Waals surface area (Å²) in [5.74, 6) is 0.294. The van der Waals surface area contributed by atoms with E-state index in [1.165, 1.54) is 5.57 Å². The van der Waals surface area contributed by atoms with Crippen molar-refractivity contribution in [1.29, 1.82) is 0 Å². The summed E-state index contributed by atoms with van der Waals surface area (Å²) < 4.78 is 0. The van der Waals surface area contributed by atoms with Gasteiger partial charge in [0.25, 0.3) is 0 Å². The molecule has 1 N–H and O–H groups in total. The predicted octanol–water partition coefficient (Wildman–Crippen LogP) is 2.81. The molecule has 1 unspecified atom stereocenters. The minimum Gasteiger partial charge on any atom is -0.278 e. The van der Waals surface area contributed by atoms with Gasteiger partial charge in [-0.05, 0) is 18.9 Å². The van der Waals surface area contributed by atoms with E-state index in [1.807, 2.05) is 18.6 Å². The molecular weight excluding hydrogens is 212 g/mol. The normalized spacial score (nSPS) is 19.6. The Labute approximate surface area is 99.5 Å². The van der Waals surface area contributed by atoms with Crippen LogP contribution in [-0.4, -0.2) is 21.4 Å². The molecular formula is C13H14N4. The van der Waals surface area contributed by atoms with E-state index in [0.29, 0.717) is 5.92 Å². The lowest BCUT2D eigenvalue weighted by molar-refractivity contribution is 0.796. The van der Waals surface area contributed by atoms with Crippen molar-refractivity contribution in [1.82, 2.24) is 15.2 Å². The Morgan fingerprint density at radius 1 is 1.41 bits per heavy atom. The maximum Gasteiger partial charge on any atom is 0.0684 e. The van der Waals surface area contributed by atoms with E-state index >= 15 is 0 Å². The summed E-state index contributed by atoms with van der Waals surface area (Å²) in [4.78, 5) is 8.80. The molecule has 4 nitrogen and oxygen atoms in total. The highest BCUT2D eigenvalue weighted by Gasteiger charge is 2.15. The van der Waals surface area contributed by atoms with Crippen LogP contribution in [0.3, 0.4) is 0 Å². The first kappa shape index (κ1) is 10.2. The van der Waals surface area contributed by atoms with Crippen molar-refractivity contribution in [2.24, 2.45) is 4.99 Å². The summed E-state index contributed by atoms with van der Waals surface area (Å²) in [6, 6.07) is 2.07. The van der Waals surface area contributed by atoms with Crippen molar-refractivity contribution in [3.8, 4) is 0 Å². The van der Waals surface area contributed by atoms with Crippen LogP contribution in [0.1, 0.15) is 31.4 Å². The van der Waals surface area contributed by atoms with Gasteiger partial charge in [0, 0.05) is 29.9 Å². The summed E-state index contributed by atoms with van der Waals surface area (Å²) in [5.41, 5.74) is 3.48. The first-order valence-corrected chi connectivity index (χ1v) is 5.87. The molecule has 1 aliphatic rings. The lowest BCUT2D eigenvalue weighted by atomic mass is 9.94. The summed E-state index contributed by atoms with van der Waals surface area (Å²) in [6.07, 6.45) is 9.67. The molecule has 3 rings (SSSR count). The maximum absolute atomic E-state index is 4.49. The van der Waals surface area contributed by atoms with Gasteiger partial charge in [-0.1, -0.05) is 12.5 Å². The summed E-state index contributed by atoms with van der Waals surface area (Å²) in [7, 11) is 0. The molecule has 0 aromatic carbocycles. The molecule has 3 heterocycles. The molecule has 4 heteroatoms. The van der Waals surface area contributed by atoms with Gasteiger partial charge in [0.05, 0.1) is 17.4 Å². The first-order chi connectivity index (χ1) is 8.36. The van der Waals surface area contributed by atoms with Gasteiger partial charge in [0.15, 0.2) is 0 Å². The van der Waals surface area contributed by atoms with E-state index in [0.717, 1.165) is 29.4 Å². The van der Waals surface area contributed by atoms with Gasteiger partial charge < -0.3 is 0 Å². The van der Waals surface area contributed by atoms with E-state index in [-0.39, 0.29) is 0 Å². The second-order valence-electron chi connectivity index (χ2n) is 4.32. The SMILES string of the molecule is CCC1=CN=CC(c2cc3[nH]ncc3cn2)C1. The number of fused-ring (bicyclic) bond motifs is 1. The molecule has 1 atom stereocenters. The number of aromatic amines is 1. The third kappa shape index (κ3) is 1.86. The number of rotatable bonds is 2. The first-order valence-electron chi connectivity index (χ1n) is 5.87. The average molecular weight is 226 g/mol. The van der Waals surface area contributed by atoms with Crippen LogP contribution in [0.15, 0.2) is 35.2 Å². The molecule has 0 saturated carbocycles. The molecule has 2 aromatic rings. The zero-order valence-corrected chi connectivity index (χ0v) is 9.72. The van der Waals surface area contributed by atoms with Gasteiger partial charge in [-0.15, -0.1) is 0 Å². The molecule has 0 spiro atoms. The molecule has 0 radical (unpaired) electrons. The highest BCUT2D eigenvalue weighted by Crippen LogP contribution is 2.26. The number of H-pyrrole nitrogens is 1. The molecule has 0 fully saturated rings. The van der Waals surface area contributed by atoms with Crippen molar-refractivity contribution in [2.75, 3.05) is 0 Å². The second-order valence-corrected chi connectivity index (χ2v) is 4.32. The van der Waals surface area contributed by atoms with Crippen molar-refractivity contribution >= 4 is 17.1 Å². The van der Waals surface area contributed by atoms with Crippen LogP contribution >= 0.6 is 0 Å². The minimum absolute atomic E-state index is 0.294. The lowest BCUT2D eigenvalue weighted by Crippen LogP contribution is -2.07. The molecule has 1 aliphatic heterocycles. The number of nitrogens with zero attached hydrogens (tertiary/aromatic N) is 3. The Morgan fingerprint density at radius 3 is 3.24 bits per heavy atom. The van der Waals surface area contributed by atoms with Gasteiger partial charge >= 0.3 is 0 Å². The topological polar surface area (TPSA) is 53.9 Å². The highest BCUT2D eigenvalue weighted by molar-refractivity contribution is 5.79. The molecule has 0 aliphatic carbocycles. The monoisotopic (exact) mass is 226 g/mol. The van der Waals surface area contributed by atoms with Crippen LogP contribution in [0.4, 0.5) is 0 Å². The number of hydrogen-bond donors (Lipinski definition) is 1. The Kier molecular flexibility index (Phi) is 2.48. The van der Waals surface area contributed by atoms with Crippen LogP contribution in [0, 0.1) is 0 Å². The third-order valence-electron chi connectivity index (χ3n) is 3.18. The molecule has 86 valence electrons. The minimum atomic E-state index is 0.294. The zero-order valence-electron chi connectivity index (χ0n) is 9.72. The molecule has 0 bridgehead atoms. The fraction of sp³-hybridized carbons (Fsp3) is 0.308. The molecule has 2 aromatic heterocycles. The van der Waals surface area contributed by atoms with Crippen LogP contribution in [0.25, 0.3) is 10.9 Å². The van der Waals surface area contributed by atoms with Crippen molar-refractivity contribution < 1.29 is 0 Å². The number of nitrogens with one attached hydrogen (secondary N) is 1. The van der Waals surface area contributed by atoms with Crippen molar-refractivity contribution in [3.63, 3.8) is 0 Å². The standard InChI is InChI=1S/C13H14N4/c1-2-9-3-10(6-14-5-9)12-4-13-11(7-15-12)8-16-17-13/h4-8,10H,2-3H2,1H3,(H,16,17). The number of aliphatic imine (C=N–C) groups is 1. The van der Waals surface area contributed by atoms with Crippen molar-refractivity contribution in [2.45, 2.75) is 25.7 Å². The predicted molar refractivity (Wildman–Crippen MR) is 68.1 cm³/mol. The van der Waals surface area contributed by atoms with E-state index in [9.17, 15) is 0 Å². The highest BCUT2D eigenvalue weighted by atomic mass is 15.1. The van der Waals surface area contributed by atoms with Gasteiger partial charge in [0.1, 0.15) is 0 Å². The summed E-state index contributed by atoms with van der Waals surface area (Å²) in [6.45, 7) is 2.16. The van der Waals surface area contributed by atoms with Gasteiger partial charge in [-0.3, -0.25) is 15.1 Å². The van der Waals surface area contributed by atoms with Gasteiger partial charge in [-0.25, -0.2) is 0 Å². The fourth-order valence-corrected chi connectivity index (χ4v) is 2.11. The van der Waals surface area contributed by atoms with Gasteiger partial charge in [-0.2, -0.15) is 5.10 Å². The Bertz CT molecular complexity index is 594. The van der Waals surface area contributed by atoms with Crippen LogP contribution in [-0.2, 0) is 0 Å². The Morgan fingerprint density at radius 2 is 2.35 bits per heavy atom. The van der Waals surface area contributed by atoms with Gasteiger partial charge in [0.2, 0.25) is 0 Å². The second kappa shape index (κ2) is 4.13. The van der Waals surface area contributed by atoms with E-state index in [2.05, 4.69) is 33.2 Å². The lowest BCUT2D eigenvalue weighted by Gasteiger charge is -2.16. The smallest absolute Gasteiger partial charge is 0.0684 e. The molecule has 17 heavy (non-hydrogen) atoms. The largest absolute Gasteiger partial charge is 0.278 e. The van der Waals surface area contributed by atoms with E-state index < -0.39 is 0 Å². The Balaban J connectivity index is 1.94. The zero-order chi connectivity index (χ0) is 11.7. The quantitative estimate of drug-likeness (QED) is 0.856. The average Bonchev–Trinajstić information content (AvgIpc) is 2.86. The van der Waals surface area contributed by atoms with Crippen molar-refractivity contribution in [3.05, 3.63) is 35.9 Å². The van der Waals surface area contributed by atoms with Crippen LogP contribution in [0.5, 0.6) is 0 Å². The number of pyridine rings is 1. The third-order valence-corrected chi connectivity index (χ3v) is 3.18. The number of allylic oxidation sites excluding steroid dienone is 1. The number of hydrogen-bond acceptors (Lipinski definition) is 3. The molecule has 0 saturated heterocycles. The van der Waals surface area contributed by atoms with Crippen LogP contribution in [0.2, 0.25) is 0 Å².